The Balaban J connectivity index is 1.46. The van der Waals surface area contributed by atoms with E-state index >= 15 is 0 Å². The molecule has 5 nitrogen and oxygen atoms in total. The van der Waals surface area contributed by atoms with Crippen molar-refractivity contribution < 1.29 is 9.53 Å². The summed E-state index contributed by atoms with van der Waals surface area (Å²) in [5.74, 6) is 2.56. The second-order valence-corrected chi connectivity index (χ2v) is 8.16. The number of hydrogen-bond acceptors (Lipinski definition) is 4. The van der Waals surface area contributed by atoms with Crippen LogP contribution in [0.15, 0.2) is 77.8 Å². The van der Waals surface area contributed by atoms with Gasteiger partial charge >= 0.3 is 0 Å². The van der Waals surface area contributed by atoms with Gasteiger partial charge < -0.3 is 14.5 Å². The van der Waals surface area contributed by atoms with Crippen molar-refractivity contribution >= 4 is 17.4 Å². The van der Waals surface area contributed by atoms with Gasteiger partial charge in [-0.2, -0.15) is 0 Å². The molecule has 31 heavy (non-hydrogen) atoms. The maximum absolute atomic E-state index is 13.0. The highest BCUT2D eigenvalue weighted by molar-refractivity contribution is 6.04. The molecule has 0 aliphatic carbocycles. The van der Waals surface area contributed by atoms with Crippen molar-refractivity contribution in [2.24, 2.45) is 4.99 Å². The third-order valence-electron chi connectivity index (χ3n) is 5.90. The number of benzene rings is 3. The van der Waals surface area contributed by atoms with E-state index in [1.807, 2.05) is 65.6 Å². The Kier molecular flexibility index (Phi) is 4.94. The van der Waals surface area contributed by atoms with Crippen molar-refractivity contribution in [1.82, 2.24) is 9.80 Å². The number of amidine groups is 1. The van der Waals surface area contributed by atoms with Crippen LogP contribution < -0.4 is 4.74 Å². The van der Waals surface area contributed by atoms with Gasteiger partial charge in [0.2, 0.25) is 0 Å². The van der Waals surface area contributed by atoms with Crippen molar-refractivity contribution in [2.45, 2.75) is 19.9 Å². The fourth-order valence-corrected chi connectivity index (χ4v) is 4.27. The molecule has 1 saturated heterocycles. The molecule has 1 atom stereocenters. The number of piperazine rings is 1. The summed E-state index contributed by atoms with van der Waals surface area (Å²) in [4.78, 5) is 22.3. The van der Waals surface area contributed by atoms with Crippen LogP contribution in [0.2, 0.25) is 0 Å². The van der Waals surface area contributed by atoms with E-state index in [2.05, 4.69) is 30.9 Å². The van der Waals surface area contributed by atoms with Crippen LogP contribution in [0.1, 0.15) is 28.4 Å². The normalized spacial score (nSPS) is 17.7. The summed E-state index contributed by atoms with van der Waals surface area (Å²) in [6, 6.07) is 23.7. The summed E-state index contributed by atoms with van der Waals surface area (Å²) in [6.07, 6.45) is 0. The molecule has 3 aromatic rings. The average Bonchev–Trinajstić information content (AvgIpc) is 2.95. The maximum Gasteiger partial charge on any atom is 0.254 e. The van der Waals surface area contributed by atoms with Crippen LogP contribution in [0.4, 0.5) is 5.69 Å². The molecule has 0 unspecified atom stereocenters. The number of amides is 1. The summed E-state index contributed by atoms with van der Waals surface area (Å²) in [7, 11) is 0. The van der Waals surface area contributed by atoms with Gasteiger partial charge in [-0.05, 0) is 55.8 Å². The predicted molar refractivity (Wildman–Crippen MR) is 122 cm³/mol. The summed E-state index contributed by atoms with van der Waals surface area (Å²) in [6.45, 7) is 6.24. The largest absolute Gasteiger partial charge is 0.454 e. The van der Waals surface area contributed by atoms with Crippen LogP contribution in [-0.2, 0) is 0 Å². The molecule has 0 saturated carbocycles. The van der Waals surface area contributed by atoms with Crippen molar-refractivity contribution in [3.8, 4) is 11.5 Å². The predicted octanol–water partition coefficient (Wildman–Crippen LogP) is 5.03. The molecule has 1 amide bonds. The Labute approximate surface area is 182 Å². The summed E-state index contributed by atoms with van der Waals surface area (Å²) < 4.78 is 6.24. The second kappa shape index (κ2) is 7.91. The summed E-state index contributed by atoms with van der Waals surface area (Å²) >= 11 is 0. The summed E-state index contributed by atoms with van der Waals surface area (Å²) in [5, 5.41) is 0. The number of rotatable bonds is 1. The third kappa shape index (κ3) is 3.67. The lowest BCUT2D eigenvalue weighted by molar-refractivity contribution is 0.0581. The highest BCUT2D eigenvalue weighted by Crippen LogP contribution is 2.38. The third-order valence-corrected chi connectivity index (χ3v) is 5.90. The first-order chi connectivity index (χ1) is 15.1. The van der Waals surface area contributed by atoms with Gasteiger partial charge in [-0.15, -0.1) is 0 Å². The summed E-state index contributed by atoms with van der Waals surface area (Å²) in [5.41, 5.74) is 3.67. The molecule has 0 aromatic heterocycles. The lowest BCUT2D eigenvalue weighted by Crippen LogP contribution is -2.55. The van der Waals surface area contributed by atoms with Gasteiger partial charge in [-0.25, -0.2) is 4.99 Å². The van der Waals surface area contributed by atoms with Crippen molar-refractivity contribution in [2.75, 3.05) is 19.6 Å². The van der Waals surface area contributed by atoms with E-state index < -0.39 is 0 Å². The van der Waals surface area contributed by atoms with Crippen molar-refractivity contribution in [1.29, 1.82) is 0 Å². The van der Waals surface area contributed by atoms with Crippen LogP contribution in [0.25, 0.3) is 0 Å². The highest BCUT2D eigenvalue weighted by Gasteiger charge is 2.31. The van der Waals surface area contributed by atoms with Crippen LogP contribution in [-0.4, -0.2) is 47.2 Å². The minimum absolute atomic E-state index is 0.0676. The van der Waals surface area contributed by atoms with Gasteiger partial charge in [0.1, 0.15) is 17.3 Å². The molecule has 2 aliphatic heterocycles. The van der Waals surface area contributed by atoms with Gasteiger partial charge in [0.15, 0.2) is 5.75 Å². The lowest BCUT2D eigenvalue weighted by Gasteiger charge is -2.41. The first kappa shape index (κ1) is 19.4. The number of carbonyl (C=O) groups excluding carboxylic acids is 1. The highest BCUT2D eigenvalue weighted by atomic mass is 16.5. The molecule has 156 valence electrons. The quantitative estimate of drug-likeness (QED) is 0.564. The van der Waals surface area contributed by atoms with Crippen molar-refractivity contribution in [3.63, 3.8) is 0 Å². The molecule has 0 spiro atoms. The SMILES string of the molecule is Cc1ccc2c(c1)Oc1ccccc1C(N1CCN(C(=O)c3ccccc3)[C@H](C)C1)=N2. The topological polar surface area (TPSA) is 45.1 Å². The number of carbonyl (C=O) groups is 1. The first-order valence-electron chi connectivity index (χ1n) is 10.7. The maximum atomic E-state index is 13.0. The number of aliphatic imine (C=N–C) groups is 1. The van der Waals surface area contributed by atoms with Gasteiger partial charge in [0, 0.05) is 31.2 Å². The molecule has 0 N–H and O–H groups in total. The average molecular weight is 412 g/mol. The minimum atomic E-state index is 0.0676. The van der Waals surface area contributed by atoms with Gasteiger partial charge in [0.05, 0.1) is 5.56 Å². The number of para-hydroxylation sites is 1. The van der Waals surface area contributed by atoms with E-state index in [9.17, 15) is 4.79 Å². The van der Waals surface area contributed by atoms with E-state index in [1.54, 1.807) is 0 Å². The molecule has 1 fully saturated rings. The fourth-order valence-electron chi connectivity index (χ4n) is 4.27. The molecular weight excluding hydrogens is 386 g/mol. The Bertz CT molecular complexity index is 1160. The molecular formula is C26H25N3O2. The van der Waals surface area contributed by atoms with E-state index in [1.165, 1.54) is 0 Å². The minimum Gasteiger partial charge on any atom is -0.454 e. The number of ether oxygens (including phenoxy) is 1. The number of nitrogens with zero attached hydrogens (tertiary/aromatic N) is 3. The Hall–Kier alpha value is -3.60. The molecule has 3 aromatic carbocycles. The zero-order valence-electron chi connectivity index (χ0n) is 17.8. The van der Waals surface area contributed by atoms with Crippen LogP contribution in [0, 0.1) is 6.92 Å². The van der Waals surface area contributed by atoms with Crippen LogP contribution in [0.3, 0.4) is 0 Å². The van der Waals surface area contributed by atoms with Gasteiger partial charge in [-0.3, -0.25) is 4.79 Å². The molecule has 2 aliphatic rings. The van der Waals surface area contributed by atoms with E-state index in [4.69, 9.17) is 9.73 Å². The zero-order valence-corrected chi connectivity index (χ0v) is 17.8. The standard InChI is InChI=1S/C26H25N3O2/c1-18-12-13-22-24(16-18)31-23-11-7-6-10-21(23)25(27-22)28-14-15-29(19(2)17-28)26(30)20-8-4-3-5-9-20/h3-13,16,19H,14-15,17H2,1-2H3/t19-/m1/s1. The molecule has 0 radical (unpaired) electrons. The molecule has 2 heterocycles. The molecule has 0 bridgehead atoms. The molecule has 5 rings (SSSR count). The van der Waals surface area contributed by atoms with E-state index in [0.717, 1.165) is 46.3 Å². The fraction of sp³-hybridized carbons (Fsp3) is 0.231. The Morgan fingerprint density at radius 3 is 2.55 bits per heavy atom. The number of fused-ring (bicyclic) bond motifs is 2. The Morgan fingerprint density at radius 1 is 0.968 bits per heavy atom. The van der Waals surface area contributed by atoms with Crippen molar-refractivity contribution in [3.05, 3.63) is 89.5 Å². The Morgan fingerprint density at radius 2 is 1.74 bits per heavy atom. The monoisotopic (exact) mass is 411 g/mol. The zero-order chi connectivity index (χ0) is 21.4. The van der Waals surface area contributed by atoms with Crippen LogP contribution in [0.5, 0.6) is 11.5 Å². The smallest absolute Gasteiger partial charge is 0.254 e. The van der Waals surface area contributed by atoms with Gasteiger partial charge in [0.25, 0.3) is 5.91 Å². The number of hydrogen-bond donors (Lipinski definition) is 0. The number of aryl methyl sites for hydroxylation is 1. The van der Waals surface area contributed by atoms with Gasteiger partial charge in [-0.1, -0.05) is 36.4 Å². The lowest BCUT2D eigenvalue weighted by atomic mass is 10.1. The first-order valence-corrected chi connectivity index (χ1v) is 10.7. The van der Waals surface area contributed by atoms with Crippen LogP contribution >= 0.6 is 0 Å². The van der Waals surface area contributed by atoms with E-state index in [0.29, 0.717) is 13.1 Å². The van der Waals surface area contributed by atoms with E-state index in [-0.39, 0.29) is 11.9 Å². The second-order valence-electron chi connectivity index (χ2n) is 8.16. The molecule has 5 heteroatoms.